The molecule has 0 N–H and O–H groups in total. The molecule has 0 aromatic heterocycles. The summed E-state index contributed by atoms with van der Waals surface area (Å²) in [5.74, 6) is 0.454. The maximum absolute atomic E-state index is 11.2. The molecular weight excluding hydrogens is 174 g/mol. The molecule has 80 valence electrons. The van der Waals surface area contributed by atoms with Gasteiger partial charge in [-0.05, 0) is 31.6 Å². The van der Waals surface area contributed by atoms with Crippen molar-refractivity contribution in [3.63, 3.8) is 0 Å². The zero-order valence-electron chi connectivity index (χ0n) is 9.38. The lowest BCUT2D eigenvalue weighted by atomic mass is 9.97. The van der Waals surface area contributed by atoms with Crippen LogP contribution in [-0.4, -0.2) is 29.8 Å². The molecule has 0 amide bonds. The van der Waals surface area contributed by atoms with Gasteiger partial charge >= 0.3 is 0 Å². The Kier molecular flexibility index (Phi) is 2.65. The lowest BCUT2D eigenvalue weighted by Gasteiger charge is -2.35. The van der Waals surface area contributed by atoms with Gasteiger partial charge in [-0.15, -0.1) is 0 Å². The van der Waals surface area contributed by atoms with E-state index in [0.29, 0.717) is 17.2 Å². The molecule has 2 rings (SSSR count). The lowest BCUT2D eigenvalue weighted by molar-refractivity contribution is -0.123. The Bertz CT molecular complexity index is 232. The molecule has 0 spiro atoms. The molecule has 0 aromatic carbocycles. The lowest BCUT2D eigenvalue weighted by Crippen LogP contribution is -2.43. The molecule has 2 nitrogen and oxygen atoms in total. The Morgan fingerprint density at radius 2 is 2.21 bits per heavy atom. The van der Waals surface area contributed by atoms with Crippen molar-refractivity contribution >= 4 is 5.78 Å². The summed E-state index contributed by atoms with van der Waals surface area (Å²) in [7, 11) is 0. The van der Waals surface area contributed by atoms with Crippen molar-refractivity contribution in [2.45, 2.75) is 52.0 Å². The first-order valence-corrected chi connectivity index (χ1v) is 5.91. The van der Waals surface area contributed by atoms with E-state index in [4.69, 9.17) is 0 Å². The van der Waals surface area contributed by atoms with Gasteiger partial charge in [-0.2, -0.15) is 0 Å². The number of hydrogen-bond acceptors (Lipinski definition) is 2. The number of carbonyl (C=O) groups excluding carboxylic acids is 1. The Morgan fingerprint density at radius 1 is 1.50 bits per heavy atom. The van der Waals surface area contributed by atoms with Crippen LogP contribution in [-0.2, 0) is 4.79 Å². The minimum Gasteiger partial charge on any atom is -0.300 e. The molecular formula is C12H21NO. The molecule has 14 heavy (non-hydrogen) atoms. The predicted octanol–water partition coefficient (Wildman–Crippen LogP) is 2.23. The molecule has 2 aliphatic rings. The molecule has 1 aliphatic carbocycles. The standard InChI is InChI=1S/C12H21NO/c1-3-12(5-6-12)9-13-7-4-11(14)8-10(13)2/h10H,3-9H2,1-2H3. The van der Waals surface area contributed by atoms with Crippen LogP contribution in [0.5, 0.6) is 0 Å². The zero-order chi connectivity index (χ0) is 10.2. The van der Waals surface area contributed by atoms with E-state index in [1.54, 1.807) is 0 Å². The van der Waals surface area contributed by atoms with Gasteiger partial charge in [0.05, 0.1) is 0 Å². The van der Waals surface area contributed by atoms with E-state index in [-0.39, 0.29) is 0 Å². The molecule has 1 atom stereocenters. The third-order valence-corrected chi connectivity index (χ3v) is 4.07. The van der Waals surface area contributed by atoms with E-state index < -0.39 is 0 Å². The van der Waals surface area contributed by atoms with Crippen LogP contribution >= 0.6 is 0 Å². The van der Waals surface area contributed by atoms with Gasteiger partial charge in [0.1, 0.15) is 5.78 Å². The fraction of sp³-hybridized carbons (Fsp3) is 0.917. The molecule has 1 unspecified atom stereocenters. The van der Waals surface area contributed by atoms with Gasteiger partial charge in [0.2, 0.25) is 0 Å². The van der Waals surface area contributed by atoms with Gasteiger partial charge < -0.3 is 0 Å². The highest BCUT2D eigenvalue weighted by molar-refractivity contribution is 5.79. The number of piperidine rings is 1. The molecule has 2 heteroatoms. The Morgan fingerprint density at radius 3 is 2.71 bits per heavy atom. The summed E-state index contributed by atoms with van der Waals surface area (Å²) in [6.07, 6.45) is 5.68. The number of Topliss-reactive ketones (excluding diaryl/α,β-unsaturated/α-hetero) is 1. The average Bonchev–Trinajstić information content (AvgIpc) is 2.91. The van der Waals surface area contributed by atoms with Crippen LogP contribution in [0.4, 0.5) is 0 Å². The van der Waals surface area contributed by atoms with Crippen LogP contribution < -0.4 is 0 Å². The highest BCUT2D eigenvalue weighted by atomic mass is 16.1. The zero-order valence-corrected chi connectivity index (χ0v) is 9.38. The van der Waals surface area contributed by atoms with Crippen molar-refractivity contribution in [1.82, 2.24) is 4.90 Å². The van der Waals surface area contributed by atoms with Gasteiger partial charge in [0.15, 0.2) is 0 Å². The van der Waals surface area contributed by atoms with E-state index in [1.807, 2.05) is 0 Å². The summed E-state index contributed by atoms with van der Waals surface area (Å²) in [6, 6.07) is 0.486. The van der Waals surface area contributed by atoms with Crippen molar-refractivity contribution in [1.29, 1.82) is 0 Å². The first kappa shape index (κ1) is 10.2. The maximum Gasteiger partial charge on any atom is 0.135 e. The second-order valence-electron chi connectivity index (χ2n) is 5.17. The van der Waals surface area contributed by atoms with Gasteiger partial charge in [0.25, 0.3) is 0 Å². The number of hydrogen-bond donors (Lipinski definition) is 0. The predicted molar refractivity (Wildman–Crippen MR) is 57.2 cm³/mol. The topological polar surface area (TPSA) is 20.3 Å². The average molecular weight is 195 g/mol. The Hall–Kier alpha value is -0.370. The van der Waals surface area contributed by atoms with E-state index in [1.165, 1.54) is 25.8 Å². The minimum absolute atomic E-state index is 0.454. The summed E-state index contributed by atoms with van der Waals surface area (Å²) >= 11 is 0. The Labute approximate surface area is 86.7 Å². The summed E-state index contributed by atoms with van der Waals surface area (Å²) in [6.45, 7) is 6.73. The molecule has 1 heterocycles. The number of nitrogens with zero attached hydrogens (tertiary/aromatic N) is 1. The highest BCUT2D eigenvalue weighted by Gasteiger charge is 2.43. The third-order valence-electron chi connectivity index (χ3n) is 4.07. The highest BCUT2D eigenvalue weighted by Crippen LogP contribution is 2.49. The summed E-state index contributed by atoms with van der Waals surface area (Å²) in [5, 5.41) is 0. The first-order valence-electron chi connectivity index (χ1n) is 5.91. The molecule has 1 aliphatic heterocycles. The van der Waals surface area contributed by atoms with Crippen molar-refractivity contribution in [3.8, 4) is 0 Å². The molecule has 0 bridgehead atoms. The SMILES string of the molecule is CCC1(CN2CCC(=O)CC2C)CC1. The smallest absolute Gasteiger partial charge is 0.135 e. The second kappa shape index (κ2) is 3.65. The molecule has 0 aromatic rings. The van der Waals surface area contributed by atoms with Crippen LogP contribution in [0.15, 0.2) is 0 Å². The van der Waals surface area contributed by atoms with Crippen LogP contribution in [0.1, 0.15) is 46.0 Å². The van der Waals surface area contributed by atoms with Gasteiger partial charge in [-0.25, -0.2) is 0 Å². The summed E-state index contributed by atoms with van der Waals surface area (Å²) in [4.78, 5) is 13.8. The number of ketones is 1. The molecule has 1 saturated carbocycles. The van der Waals surface area contributed by atoms with E-state index in [9.17, 15) is 4.79 Å². The summed E-state index contributed by atoms with van der Waals surface area (Å²) < 4.78 is 0. The van der Waals surface area contributed by atoms with E-state index in [2.05, 4.69) is 18.7 Å². The summed E-state index contributed by atoms with van der Waals surface area (Å²) in [5.41, 5.74) is 0.634. The Balaban J connectivity index is 1.89. The molecule has 1 saturated heterocycles. The molecule has 2 fully saturated rings. The van der Waals surface area contributed by atoms with Crippen molar-refractivity contribution < 1.29 is 4.79 Å². The fourth-order valence-electron chi connectivity index (χ4n) is 2.52. The van der Waals surface area contributed by atoms with Crippen LogP contribution in [0.2, 0.25) is 0 Å². The van der Waals surface area contributed by atoms with Crippen LogP contribution in [0, 0.1) is 5.41 Å². The normalized spacial score (nSPS) is 31.9. The maximum atomic E-state index is 11.2. The van der Waals surface area contributed by atoms with Gasteiger partial charge in [-0.3, -0.25) is 9.69 Å². The van der Waals surface area contributed by atoms with E-state index in [0.717, 1.165) is 19.4 Å². The van der Waals surface area contributed by atoms with Crippen LogP contribution in [0.3, 0.4) is 0 Å². The minimum atomic E-state index is 0.454. The van der Waals surface area contributed by atoms with Gasteiger partial charge in [-0.1, -0.05) is 6.92 Å². The van der Waals surface area contributed by atoms with Crippen molar-refractivity contribution in [3.05, 3.63) is 0 Å². The quantitative estimate of drug-likeness (QED) is 0.688. The molecule has 0 radical (unpaired) electrons. The van der Waals surface area contributed by atoms with Crippen molar-refractivity contribution in [2.24, 2.45) is 5.41 Å². The largest absolute Gasteiger partial charge is 0.300 e. The van der Waals surface area contributed by atoms with E-state index >= 15 is 0 Å². The van der Waals surface area contributed by atoms with Crippen molar-refractivity contribution in [2.75, 3.05) is 13.1 Å². The monoisotopic (exact) mass is 195 g/mol. The number of likely N-dealkylation sites (tertiary alicyclic amines) is 1. The van der Waals surface area contributed by atoms with Crippen LogP contribution in [0.25, 0.3) is 0 Å². The van der Waals surface area contributed by atoms with Gasteiger partial charge in [0, 0.05) is 32.0 Å². The number of rotatable bonds is 3. The fourth-order valence-corrected chi connectivity index (χ4v) is 2.52. The number of carbonyl (C=O) groups is 1. The third kappa shape index (κ3) is 2.00. The second-order valence-corrected chi connectivity index (χ2v) is 5.17. The first-order chi connectivity index (χ1) is 6.65.